The summed E-state index contributed by atoms with van der Waals surface area (Å²) in [7, 11) is -3.36. The van der Waals surface area contributed by atoms with Crippen molar-refractivity contribution in [3.05, 3.63) is 0 Å². The van der Waals surface area contributed by atoms with Gasteiger partial charge in [0.2, 0.25) is 10.0 Å². The maximum absolute atomic E-state index is 11.4. The summed E-state index contributed by atoms with van der Waals surface area (Å²) in [6.45, 7) is 0.973. The zero-order chi connectivity index (χ0) is 12.0. The van der Waals surface area contributed by atoms with Gasteiger partial charge in [0.15, 0.2) is 0 Å². The summed E-state index contributed by atoms with van der Waals surface area (Å²) >= 11 is 0. The minimum absolute atomic E-state index is 0.0331. The summed E-state index contributed by atoms with van der Waals surface area (Å²) in [6.07, 6.45) is 1.81. The van der Waals surface area contributed by atoms with Gasteiger partial charge < -0.3 is 9.84 Å². The third-order valence-electron chi connectivity index (χ3n) is 2.36. The first kappa shape index (κ1) is 13.4. The van der Waals surface area contributed by atoms with Gasteiger partial charge >= 0.3 is 5.97 Å². The lowest BCUT2D eigenvalue weighted by atomic mass is 10.2. The predicted molar refractivity (Wildman–Crippen MR) is 57.6 cm³/mol. The van der Waals surface area contributed by atoms with Crippen LogP contribution in [0.4, 0.5) is 0 Å². The highest BCUT2D eigenvalue weighted by Crippen LogP contribution is 2.10. The minimum atomic E-state index is -3.36. The van der Waals surface area contributed by atoms with Crippen molar-refractivity contribution >= 4 is 16.0 Å². The van der Waals surface area contributed by atoms with Gasteiger partial charge in [0.1, 0.15) is 0 Å². The van der Waals surface area contributed by atoms with Gasteiger partial charge in [-0.1, -0.05) is 0 Å². The second-order valence-corrected chi connectivity index (χ2v) is 5.73. The van der Waals surface area contributed by atoms with E-state index in [-0.39, 0.29) is 31.2 Å². The van der Waals surface area contributed by atoms with Crippen molar-refractivity contribution in [3.63, 3.8) is 0 Å². The second kappa shape index (κ2) is 6.17. The number of ether oxygens (including phenoxy) is 1. The number of carbonyl (C=O) groups is 1. The molecule has 1 unspecified atom stereocenters. The van der Waals surface area contributed by atoms with E-state index in [2.05, 4.69) is 4.72 Å². The normalized spacial score (nSPS) is 21.1. The van der Waals surface area contributed by atoms with Crippen molar-refractivity contribution in [2.45, 2.75) is 31.8 Å². The maximum Gasteiger partial charge on any atom is 0.303 e. The molecule has 0 radical (unpaired) electrons. The number of hydrogen-bond donors (Lipinski definition) is 2. The van der Waals surface area contributed by atoms with Crippen LogP contribution in [0, 0.1) is 0 Å². The average molecular weight is 251 g/mol. The molecule has 94 valence electrons. The van der Waals surface area contributed by atoms with E-state index in [4.69, 9.17) is 9.84 Å². The second-order valence-electron chi connectivity index (χ2n) is 3.80. The third-order valence-corrected chi connectivity index (χ3v) is 3.79. The van der Waals surface area contributed by atoms with Crippen molar-refractivity contribution in [1.82, 2.24) is 4.72 Å². The zero-order valence-electron chi connectivity index (χ0n) is 9.02. The minimum Gasteiger partial charge on any atom is -0.481 e. The van der Waals surface area contributed by atoms with Crippen LogP contribution in [0.2, 0.25) is 0 Å². The molecule has 0 aromatic heterocycles. The van der Waals surface area contributed by atoms with Gasteiger partial charge in [-0.05, 0) is 19.3 Å². The Bertz CT molecular complexity index is 321. The molecule has 1 rings (SSSR count). The molecule has 1 heterocycles. The molecule has 1 aliphatic heterocycles. The fraction of sp³-hybridized carbons (Fsp3) is 0.889. The standard InChI is InChI=1S/C9H17NO5S/c11-9(12)4-2-6-16(13,14)10-7-8-3-1-5-15-8/h8,10H,1-7H2,(H,11,12). The molecule has 2 N–H and O–H groups in total. The van der Waals surface area contributed by atoms with Crippen molar-refractivity contribution in [2.24, 2.45) is 0 Å². The van der Waals surface area contributed by atoms with E-state index < -0.39 is 16.0 Å². The number of aliphatic carboxylic acids is 1. The number of nitrogens with one attached hydrogen (secondary N) is 1. The molecule has 16 heavy (non-hydrogen) atoms. The SMILES string of the molecule is O=C(O)CCCS(=O)(=O)NCC1CCCO1. The maximum atomic E-state index is 11.4. The first-order valence-corrected chi connectivity index (χ1v) is 6.95. The van der Waals surface area contributed by atoms with Crippen molar-refractivity contribution < 1.29 is 23.1 Å². The molecule has 0 spiro atoms. The van der Waals surface area contributed by atoms with Gasteiger partial charge in [-0.3, -0.25) is 4.79 Å². The van der Waals surface area contributed by atoms with Crippen LogP contribution in [0.25, 0.3) is 0 Å². The Kier molecular flexibility index (Phi) is 5.17. The van der Waals surface area contributed by atoms with Crippen LogP contribution in [-0.2, 0) is 19.6 Å². The largest absolute Gasteiger partial charge is 0.481 e. The third kappa shape index (κ3) is 5.43. The summed E-state index contributed by atoms with van der Waals surface area (Å²) in [6, 6.07) is 0. The molecule has 0 amide bonds. The first-order chi connectivity index (χ1) is 7.49. The molecule has 0 saturated carbocycles. The zero-order valence-corrected chi connectivity index (χ0v) is 9.83. The van der Waals surface area contributed by atoms with Crippen molar-refractivity contribution in [3.8, 4) is 0 Å². The lowest BCUT2D eigenvalue weighted by molar-refractivity contribution is -0.137. The molecule has 1 saturated heterocycles. The summed E-state index contributed by atoms with van der Waals surface area (Å²) in [5, 5.41) is 8.38. The van der Waals surface area contributed by atoms with E-state index >= 15 is 0 Å². The smallest absolute Gasteiger partial charge is 0.303 e. The lowest BCUT2D eigenvalue weighted by Gasteiger charge is -2.10. The van der Waals surface area contributed by atoms with Crippen LogP contribution in [0.3, 0.4) is 0 Å². The Labute approximate surface area is 95.0 Å². The Morgan fingerprint density at radius 2 is 2.25 bits per heavy atom. The van der Waals surface area contributed by atoms with Crippen LogP contribution >= 0.6 is 0 Å². The summed E-state index contributed by atoms with van der Waals surface area (Å²) < 4.78 is 30.5. The highest BCUT2D eigenvalue weighted by molar-refractivity contribution is 7.89. The average Bonchev–Trinajstić information content (AvgIpc) is 2.66. The van der Waals surface area contributed by atoms with Gasteiger partial charge in [0.05, 0.1) is 11.9 Å². The molecule has 1 fully saturated rings. The number of sulfonamides is 1. The number of carboxylic acid groups (broad SMARTS) is 1. The Hall–Kier alpha value is -0.660. The highest BCUT2D eigenvalue weighted by atomic mass is 32.2. The highest BCUT2D eigenvalue weighted by Gasteiger charge is 2.18. The number of hydrogen-bond acceptors (Lipinski definition) is 4. The quantitative estimate of drug-likeness (QED) is 0.661. The predicted octanol–water partition coefficient (Wildman–Crippen LogP) is -0.0504. The van der Waals surface area contributed by atoms with Crippen LogP contribution in [0.5, 0.6) is 0 Å². The van der Waals surface area contributed by atoms with Gasteiger partial charge in [-0.25, -0.2) is 13.1 Å². The molecule has 1 atom stereocenters. The van der Waals surface area contributed by atoms with E-state index in [0.717, 1.165) is 12.8 Å². The molecular formula is C9H17NO5S. The Morgan fingerprint density at radius 3 is 2.81 bits per heavy atom. The first-order valence-electron chi connectivity index (χ1n) is 5.30. The van der Waals surface area contributed by atoms with Crippen LogP contribution < -0.4 is 4.72 Å². The lowest BCUT2D eigenvalue weighted by Crippen LogP contribution is -2.33. The Balaban J connectivity index is 2.20. The van der Waals surface area contributed by atoms with Gasteiger partial charge in [-0.15, -0.1) is 0 Å². The van der Waals surface area contributed by atoms with Gasteiger partial charge in [0.25, 0.3) is 0 Å². The van der Waals surface area contributed by atoms with Crippen molar-refractivity contribution in [2.75, 3.05) is 18.9 Å². The van der Waals surface area contributed by atoms with Crippen LogP contribution in [0.1, 0.15) is 25.7 Å². The molecule has 0 aromatic rings. The fourth-order valence-corrected chi connectivity index (χ4v) is 2.62. The van der Waals surface area contributed by atoms with E-state index in [1.807, 2.05) is 0 Å². The topological polar surface area (TPSA) is 92.7 Å². The van der Waals surface area contributed by atoms with Gasteiger partial charge in [-0.2, -0.15) is 0 Å². The molecule has 0 aromatic carbocycles. The molecule has 0 bridgehead atoms. The van der Waals surface area contributed by atoms with E-state index in [9.17, 15) is 13.2 Å². The fourth-order valence-electron chi connectivity index (χ4n) is 1.51. The molecule has 7 heteroatoms. The van der Waals surface area contributed by atoms with E-state index in [1.54, 1.807) is 0 Å². The molecule has 1 aliphatic rings. The monoisotopic (exact) mass is 251 g/mol. The number of carboxylic acids is 1. The number of rotatable bonds is 7. The summed E-state index contributed by atoms with van der Waals surface area (Å²) in [5.41, 5.74) is 0. The Morgan fingerprint density at radius 1 is 1.50 bits per heavy atom. The summed E-state index contributed by atoms with van der Waals surface area (Å²) in [5.74, 6) is -1.12. The van der Waals surface area contributed by atoms with Crippen molar-refractivity contribution in [1.29, 1.82) is 0 Å². The van der Waals surface area contributed by atoms with E-state index in [0.29, 0.717) is 6.61 Å². The molecule has 6 nitrogen and oxygen atoms in total. The van der Waals surface area contributed by atoms with Crippen LogP contribution in [-0.4, -0.2) is 44.5 Å². The summed E-state index contributed by atoms with van der Waals surface area (Å²) in [4.78, 5) is 10.2. The molecular weight excluding hydrogens is 234 g/mol. The molecule has 0 aliphatic carbocycles. The van der Waals surface area contributed by atoms with Gasteiger partial charge in [0, 0.05) is 19.6 Å². The van der Waals surface area contributed by atoms with E-state index in [1.165, 1.54) is 0 Å². The van der Waals surface area contributed by atoms with Crippen LogP contribution in [0.15, 0.2) is 0 Å².